The summed E-state index contributed by atoms with van der Waals surface area (Å²) in [6.45, 7) is 3.86. The van der Waals surface area contributed by atoms with Gasteiger partial charge in [-0.2, -0.15) is 0 Å². The molecule has 0 unspecified atom stereocenters. The molecule has 4 N–H and O–H groups in total. The lowest BCUT2D eigenvalue weighted by Crippen LogP contribution is -2.33. The van der Waals surface area contributed by atoms with Crippen LogP contribution in [-0.4, -0.2) is 16.9 Å². The number of thiocarbonyl (C=S) groups is 1. The number of anilines is 1. The number of nitrogens with two attached hydrogens (primary N) is 1. The molecule has 8 heteroatoms. The number of hydrogen-bond donors (Lipinski definition) is 3. The molecular formula is C18H18ClN3O2S2. The predicted octanol–water partition coefficient (Wildman–Crippen LogP) is 3.90. The average molecular weight is 408 g/mol. The number of amides is 2. The van der Waals surface area contributed by atoms with E-state index in [1.807, 2.05) is 26.0 Å². The summed E-state index contributed by atoms with van der Waals surface area (Å²) >= 11 is 12.6. The van der Waals surface area contributed by atoms with Crippen LogP contribution in [0.15, 0.2) is 30.3 Å². The van der Waals surface area contributed by atoms with Crippen molar-refractivity contribution >= 4 is 63.2 Å². The summed E-state index contributed by atoms with van der Waals surface area (Å²) in [5.41, 5.74) is 7.51. The van der Waals surface area contributed by atoms with Crippen LogP contribution < -0.4 is 16.4 Å². The van der Waals surface area contributed by atoms with E-state index in [9.17, 15) is 9.59 Å². The number of carbonyl (C=O) groups is 2. The third-order valence-electron chi connectivity index (χ3n) is 3.59. The van der Waals surface area contributed by atoms with Gasteiger partial charge in [-0.3, -0.25) is 14.9 Å². The molecule has 136 valence electrons. The highest BCUT2D eigenvalue weighted by Crippen LogP contribution is 2.33. The van der Waals surface area contributed by atoms with Crippen LogP contribution in [0, 0.1) is 6.92 Å². The minimum Gasteiger partial charge on any atom is -0.365 e. The van der Waals surface area contributed by atoms with Crippen molar-refractivity contribution in [1.82, 2.24) is 5.32 Å². The van der Waals surface area contributed by atoms with Crippen LogP contribution >= 0.6 is 35.2 Å². The number of benzene rings is 1. The molecule has 5 nitrogen and oxygen atoms in total. The molecule has 1 aromatic heterocycles. The smallest absolute Gasteiger partial charge is 0.251 e. The van der Waals surface area contributed by atoms with Gasteiger partial charge < -0.3 is 11.1 Å². The van der Waals surface area contributed by atoms with E-state index < -0.39 is 11.8 Å². The Morgan fingerprint density at radius 3 is 2.65 bits per heavy atom. The Kier molecular flexibility index (Phi) is 6.90. The minimum atomic E-state index is -0.526. The number of halogens is 1. The Hall–Kier alpha value is -2.22. The standard InChI is InChI=1S/C18H18ClN3O2S2/c1-3-12-10(2)26-17(15(12)16(20)24)22-18(25)21-14(23)9-8-11-6-4-5-7-13(11)19/h4-9H,3H2,1-2H3,(H2,20,24)(H2,21,22,23,25)/b9-8+. The molecule has 26 heavy (non-hydrogen) atoms. The van der Waals surface area contributed by atoms with Crippen LogP contribution in [-0.2, 0) is 11.2 Å². The summed E-state index contributed by atoms with van der Waals surface area (Å²) in [7, 11) is 0. The minimum absolute atomic E-state index is 0.0882. The molecule has 0 aliphatic heterocycles. The van der Waals surface area contributed by atoms with Crippen LogP contribution in [0.5, 0.6) is 0 Å². The van der Waals surface area contributed by atoms with Crippen LogP contribution in [0.4, 0.5) is 5.00 Å². The summed E-state index contributed by atoms with van der Waals surface area (Å²) in [6, 6.07) is 7.16. The fourth-order valence-electron chi connectivity index (χ4n) is 2.42. The molecule has 0 spiro atoms. The van der Waals surface area contributed by atoms with E-state index in [0.717, 1.165) is 16.0 Å². The van der Waals surface area contributed by atoms with Crippen LogP contribution in [0.1, 0.15) is 33.3 Å². The maximum atomic E-state index is 12.0. The Labute approximate surface area is 166 Å². The number of primary amides is 1. The zero-order valence-corrected chi connectivity index (χ0v) is 16.6. The van der Waals surface area contributed by atoms with Gasteiger partial charge in [0.25, 0.3) is 5.91 Å². The van der Waals surface area contributed by atoms with Crippen molar-refractivity contribution in [2.75, 3.05) is 5.32 Å². The molecule has 2 aromatic rings. The Balaban J connectivity index is 2.06. The third kappa shape index (κ3) is 4.91. The zero-order valence-electron chi connectivity index (χ0n) is 14.3. The van der Waals surface area contributed by atoms with E-state index >= 15 is 0 Å². The van der Waals surface area contributed by atoms with Gasteiger partial charge in [-0.05, 0) is 48.8 Å². The molecule has 1 heterocycles. The second-order valence-electron chi connectivity index (χ2n) is 5.36. The summed E-state index contributed by atoms with van der Waals surface area (Å²) in [5.74, 6) is -0.937. The second-order valence-corrected chi connectivity index (χ2v) is 7.40. The van der Waals surface area contributed by atoms with Gasteiger partial charge in [0, 0.05) is 16.0 Å². The van der Waals surface area contributed by atoms with E-state index in [0.29, 0.717) is 22.0 Å². The number of aryl methyl sites for hydroxylation is 1. The lowest BCUT2D eigenvalue weighted by molar-refractivity contribution is -0.115. The third-order valence-corrected chi connectivity index (χ3v) is 5.20. The van der Waals surface area contributed by atoms with Gasteiger partial charge in [0.15, 0.2) is 5.11 Å². The molecule has 0 saturated heterocycles. The molecule has 1 aromatic carbocycles. The van der Waals surface area contributed by atoms with Gasteiger partial charge in [-0.1, -0.05) is 36.7 Å². The van der Waals surface area contributed by atoms with Crippen molar-refractivity contribution in [1.29, 1.82) is 0 Å². The maximum absolute atomic E-state index is 12.0. The van der Waals surface area contributed by atoms with Gasteiger partial charge in [-0.15, -0.1) is 11.3 Å². The van der Waals surface area contributed by atoms with E-state index in [-0.39, 0.29) is 5.11 Å². The average Bonchev–Trinajstić information content (AvgIpc) is 2.89. The predicted molar refractivity (Wildman–Crippen MR) is 112 cm³/mol. The van der Waals surface area contributed by atoms with Crippen molar-refractivity contribution < 1.29 is 9.59 Å². The second kappa shape index (κ2) is 8.93. The molecule has 0 saturated carbocycles. The van der Waals surface area contributed by atoms with E-state index in [4.69, 9.17) is 29.6 Å². The fraction of sp³-hybridized carbons (Fsp3) is 0.167. The van der Waals surface area contributed by atoms with Gasteiger partial charge in [0.1, 0.15) is 5.00 Å². The van der Waals surface area contributed by atoms with Gasteiger partial charge in [-0.25, -0.2) is 0 Å². The fourth-order valence-corrected chi connectivity index (χ4v) is 4.04. The normalized spacial score (nSPS) is 10.7. The quantitative estimate of drug-likeness (QED) is 0.518. The highest BCUT2D eigenvalue weighted by molar-refractivity contribution is 7.80. The first-order valence-electron chi connectivity index (χ1n) is 7.80. The van der Waals surface area contributed by atoms with Crippen LogP contribution in [0.25, 0.3) is 6.08 Å². The van der Waals surface area contributed by atoms with Crippen molar-refractivity contribution in [3.63, 3.8) is 0 Å². The van der Waals surface area contributed by atoms with E-state index in [1.54, 1.807) is 18.2 Å². The topological polar surface area (TPSA) is 84.2 Å². The zero-order chi connectivity index (χ0) is 19.3. The summed E-state index contributed by atoms with van der Waals surface area (Å²) in [6.07, 6.45) is 3.61. The molecule has 2 amide bonds. The molecule has 0 bridgehead atoms. The highest BCUT2D eigenvalue weighted by atomic mass is 35.5. The SMILES string of the molecule is CCc1c(C)sc(NC(=S)NC(=O)/C=C/c2ccccc2Cl)c1C(N)=O. The molecule has 0 fully saturated rings. The molecule has 0 atom stereocenters. The first-order chi connectivity index (χ1) is 12.3. The Bertz CT molecular complexity index is 891. The monoisotopic (exact) mass is 407 g/mol. The van der Waals surface area contributed by atoms with Crippen molar-refractivity contribution in [3.8, 4) is 0 Å². The summed E-state index contributed by atoms with van der Waals surface area (Å²) in [5, 5.41) is 6.59. The molecule has 0 aliphatic rings. The molecular weight excluding hydrogens is 390 g/mol. The lowest BCUT2D eigenvalue weighted by Gasteiger charge is -2.08. The number of thiophene rings is 1. The van der Waals surface area contributed by atoms with Gasteiger partial charge in [0.05, 0.1) is 5.56 Å². The van der Waals surface area contributed by atoms with Crippen LogP contribution in [0.3, 0.4) is 0 Å². The van der Waals surface area contributed by atoms with Crippen molar-refractivity contribution in [2.24, 2.45) is 5.73 Å². The first kappa shape index (κ1) is 20.1. The van der Waals surface area contributed by atoms with Crippen molar-refractivity contribution in [3.05, 3.63) is 56.9 Å². The maximum Gasteiger partial charge on any atom is 0.251 e. The van der Waals surface area contributed by atoms with Crippen molar-refractivity contribution in [2.45, 2.75) is 20.3 Å². The lowest BCUT2D eigenvalue weighted by atomic mass is 10.1. The van der Waals surface area contributed by atoms with E-state index in [1.165, 1.54) is 17.4 Å². The number of rotatable bonds is 5. The number of carbonyl (C=O) groups excluding carboxylic acids is 2. The van der Waals surface area contributed by atoms with E-state index in [2.05, 4.69) is 10.6 Å². The summed E-state index contributed by atoms with van der Waals surface area (Å²) < 4.78 is 0. The van der Waals surface area contributed by atoms with Crippen LogP contribution in [0.2, 0.25) is 5.02 Å². The number of hydrogen-bond acceptors (Lipinski definition) is 4. The largest absolute Gasteiger partial charge is 0.365 e. The first-order valence-corrected chi connectivity index (χ1v) is 9.40. The highest BCUT2D eigenvalue weighted by Gasteiger charge is 2.19. The van der Waals surface area contributed by atoms with Gasteiger partial charge >= 0.3 is 0 Å². The van der Waals surface area contributed by atoms with Gasteiger partial charge in [0.2, 0.25) is 5.91 Å². The Morgan fingerprint density at radius 2 is 2.04 bits per heavy atom. The Morgan fingerprint density at radius 1 is 1.35 bits per heavy atom. The molecule has 2 rings (SSSR count). The summed E-state index contributed by atoms with van der Waals surface area (Å²) in [4.78, 5) is 24.7. The molecule has 0 radical (unpaired) electrons. The number of nitrogens with one attached hydrogen (secondary N) is 2. The molecule has 0 aliphatic carbocycles.